The minimum atomic E-state index is -0.519. The van der Waals surface area contributed by atoms with Crippen molar-refractivity contribution in [3.8, 4) is 11.5 Å². The van der Waals surface area contributed by atoms with Crippen molar-refractivity contribution in [1.82, 2.24) is 9.78 Å². The van der Waals surface area contributed by atoms with E-state index in [2.05, 4.69) is 26.3 Å². The maximum absolute atomic E-state index is 12.7. The van der Waals surface area contributed by atoms with E-state index >= 15 is 0 Å². The second-order valence-electron chi connectivity index (χ2n) is 7.45. The number of non-ortho nitro benzene ring substituents is 1. The molecular formula is C22H23BrN4O4. The number of nitro benzene ring substituents is 1. The first-order valence-corrected chi connectivity index (χ1v) is 10.5. The SMILES string of the molecule is Cc1ccc(Oc2cc(NC(=O)C(C)Cn3nc(C)c(Br)c3C)cc([N+](=O)[O-])c2)cc1. The van der Waals surface area contributed by atoms with Crippen molar-refractivity contribution >= 4 is 33.2 Å². The van der Waals surface area contributed by atoms with Crippen LogP contribution in [-0.4, -0.2) is 20.6 Å². The number of nitrogens with zero attached hydrogens (tertiary/aromatic N) is 3. The topological polar surface area (TPSA) is 99.3 Å². The molecule has 3 aromatic rings. The predicted molar refractivity (Wildman–Crippen MR) is 122 cm³/mol. The van der Waals surface area contributed by atoms with Crippen LogP contribution in [0.3, 0.4) is 0 Å². The van der Waals surface area contributed by atoms with Gasteiger partial charge in [-0.05, 0) is 48.8 Å². The zero-order chi connectivity index (χ0) is 22.7. The van der Waals surface area contributed by atoms with Crippen LogP contribution in [0.1, 0.15) is 23.9 Å². The van der Waals surface area contributed by atoms with Gasteiger partial charge in [-0.15, -0.1) is 0 Å². The Bertz CT molecular complexity index is 1130. The quantitative estimate of drug-likeness (QED) is 0.348. The van der Waals surface area contributed by atoms with E-state index in [1.807, 2.05) is 32.9 Å². The van der Waals surface area contributed by atoms with Crippen LogP contribution >= 0.6 is 15.9 Å². The van der Waals surface area contributed by atoms with Gasteiger partial charge in [0.2, 0.25) is 5.91 Å². The fourth-order valence-electron chi connectivity index (χ4n) is 3.02. The maximum atomic E-state index is 12.7. The number of aromatic nitrogens is 2. The Hall–Kier alpha value is -3.20. The predicted octanol–water partition coefficient (Wildman–Crippen LogP) is 5.55. The average molecular weight is 487 g/mol. The van der Waals surface area contributed by atoms with Crippen LogP contribution < -0.4 is 10.1 Å². The lowest BCUT2D eigenvalue weighted by Crippen LogP contribution is -2.25. The van der Waals surface area contributed by atoms with Crippen LogP contribution in [0, 0.1) is 36.8 Å². The third-order valence-electron chi connectivity index (χ3n) is 4.81. The molecule has 31 heavy (non-hydrogen) atoms. The molecule has 0 aliphatic rings. The number of benzene rings is 2. The molecule has 2 aromatic carbocycles. The molecule has 0 aliphatic carbocycles. The van der Waals surface area contributed by atoms with Crippen LogP contribution in [0.5, 0.6) is 11.5 Å². The van der Waals surface area contributed by atoms with E-state index < -0.39 is 10.8 Å². The monoisotopic (exact) mass is 486 g/mol. The number of anilines is 1. The molecule has 1 N–H and O–H groups in total. The summed E-state index contributed by atoms with van der Waals surface area (Å²) >= 11 is 3.48. The van der Waals surface area contributed by atoms with Crippen LogP contribution in [0.2, 0.25) is 0 Å². The number of aryl methyl sites for hydroxylation is 2. The smallest absolute Gasteiger partial charge is 0.275 e. The number of carbonyl (C=O) groups excluding carboxylic acids is 1. The molecule has 0 bridgehead atoms. The van der Waals surface area contributed by atoms with Crippen molar-refractivity contribution in [2.45, 2.75) is 34.2 Å². The van der Waals surface area contributed by atoms with E-state index in [0.29, 0.717) is 18.0 Å². The van der Waals surface area contributed by atoms with E-state index in [0.717, 1.165) is 21.4 Å². The van der Waals surface area contributed by atoms with Gasteiger partial charge in [0, 0.05) is 17.8 Å². The van der Waals surface area contributed by atoms with Gasteiger partial charge in [0.25, 0.3) is 5.69 Å². The van der Waals surface area contributed by atoms with Gasteiger partial charge in [-0.2, -0.15) is 5.10 Å². The van der Waals surface area contributed by atoms with Gasteiger partial charge in [0.1, 0.15) is 11.5 Å². The van der Waals surface area contributed by atoms with Crippen molar-refractivity contribution in [2.24, 2.45) is 5.92 Å². The number of carbonyl (C=O) groups is 1. The number of nitro groups is 1. The number of rotatable bonds is 7. The molecule has 9 heteroatoms. The van der Waals surface area contributed by atoms with Gasteiger partial charge < -0.3 is 10.1 Å². The molecule has 0 aliphatic heterocycles. The highest BCUT2D eigenvalue weighted by Crippen LogP contribution is 2.30. The van der Waals surface area contributed by atoms with Crippen molar-refractivity contribution in [3.63, 3.8) is 0 Å². The van der Waals surface area contributed by atoms with Crippen molar-refractivity contribution < 1.29 is 14.5 Å². The summed E-state index contributed by atoms with van der Waals surface area (Å²) in [6, 6.07) is 11.5. The molecule has 0 saturated heterocycles. The Morgan fingerprint density at radius 1 is 1.19 bits per heavy atom. The van der Waals surface area contributed by atoms with Gasteiger partial charge >= 0.3 is 0 Å². The molecule has 1 heterocycles. The normalized spacial score (nSPS) is 11.8. The largest absolute Gasteiger partial charge is 0.457 e. The van der Waals surface area contributed by atoms with Crippen LogP contribution in [-0.2, 0) is 11.3 Å². The van der Waals surface area contributed by atoms with E-state index in [9.17, 15) is 14.9 Å². The number of nitrogens with one attached hydrogen (secondary N) is 1. The second-order valence-corrected chi connectivity index (χ2v) is 8.24. The number of halogens is 1. The molecule has 162 valence electrons. The summed E-state index contributed by atoms with van der Waals surface area (Å²) in [6.45, 7) is 7.92. The van der Waals surface area contributed by atoms with Crippen LogP contribution in [0.25, 0.3) is 0 Å². The summed E-state index contributed by atoms with van der Waals surface area (Å²) in [5.74, 6) is 0.131. The highest BCUT2D eigenvalue weighted by molar-refractivity contribution is 9.10. The minimum absolute atomic E-state index is 0.171. The second kappa shape index (κ2) is 9.30. The molecule has 0 spiro atoms. The van der Waals surface area contributed by atoms with Gasteiger partial charge in [0.15, 0.2) is 0 Å². The third kappa shape index (κ3) is 5.49. The van der Waals surface area contributed by atoms with Crippen molar-refractivity contribution in [1.29, 1.82) is 0 Å². The van der Waals surface area contributed by atoms with E-state index in [-0.39, 0.29) is 17.3 Å². The molecule has 0 radical (unpaired) electrons. The van der Waals surface area contributed by atoms with Crippen LogP contribution in [0.4, 0.5) is 11.4 Å². The summed E-state index contributed by atoms with van der Waals surface area (Å²) in [7, 11) is 0. The zero-order valence-corrected chi connectivity index (χ0v) is 19.3. The molecule has 1 atom stereocenters. The molecular weight excluding hydrogens is 464 g/mol. The minimum Gasteiger partial charge on any atom is -0.457 e. The Balaban J connectivity index is 1.78. The number of hydrogen-bond donors (Lipinski definition) is 1. The van der Waals surface area contributed by atoms with E-state index in [4.69, 9.17) is 4.74 Å². The van der Waals surface area contributed by atoms with Gasteiger partial charge in [0.05, 0.1) is 39.3 Å². The average Bonchev–Trinajstić information content (AvgIpc) is 2.96. The van der Waals surface area contributed by atoms with Gasteiger partial charge in [-0.1, -0.05) is 24.6 Å². The first-order valence-electron chi connectivity index (χ1n) is 9.68. The van der Waals surface area contributed by atoms with Crippen molar-refractivity contribution in [2.75, 3.05) is 5.32 Å². The number of hydrogen-bond acceptors (Lipinski definition) is 5. The molecule has 1 amide bonds. The number of ether oxygens (including phenoxy) is 1. The summed E-state index contributed by atoms with van der Waals surface area (Å²) in [6.07, 6.45) is 0. The van der Waals surface area contributed by atoms with E-state index in [1.165, 1.54) is 12.1 Å². The Morgan fingerprint density at radius 3 is 2.45 bits per heavy atom. The van der Waals surface area contributed by atoms with E-state index in [1.54, 1.807) is 29.8 Å². The molecule has 0 saturated carbocycles. The fourth-order valence-corrected chi connectivity index (χ4v) is 3.31. The maximum Gasteiger partial charge on any atom is 0.275 e. The summed E-state index contributed by atoms with van der Waals surface area (Å²) in [5.41, 5.74) is 2.98. The third-order valence-corrected chi connectivity index (χ3v) is 5.96. The molecule has 8 nitrogen and oxygen atoms in total. The van der Waals surface area contributed by atoms with Crippen molar-refractivity contribution in [3.05, 3.63) is 74.0 Å². The fraction of sp³-hybridized carbons (Fsp3) is 0.273. The summed E-state index contributed by atoms with van der Waals surface area (Å²) in [4.78, 5) is 23.6. The Labute approximate surface area is 188 Å². The molecule has 0 fully saturated rings. The highest BCUT2D eigenvalue weighted by Gasteiger charge is 2.19. The standard InChI is InChI=1S/C22H23BrN4O4/c1-13-5-7-19(8-6-13)31-20-10-17(9-18(11-20)27(29)30)24-22(28)14(2)12-26-16(4)21(23)15(3)25-26/h5-11,14H,12H2,1-4H3,(H,24,28). The molecule has 3 rings (SSSR count). The first kappa shape index (κ1) is 22.5. The lowest BCUT2D eigenvalue weighted by Gasteiger charge is -2.14. The number of amides is 1. The highest BCUT2D eigenvalue weighted by atomic mass is 79.9. The summed E-state index contributed by atoms with van der Waals surface area (Å²) < 4.78 is 8.44. The molecule has 1 unspecified atom stereocenters. The summed E-state index contributed by atoms with van der Waals surface area (Å²) in [5, 5.41) is 18.5. The van der Waals surface area contributed by atoms with Gasteiger partial charge in [-0.3, -0.25) is 19.6 Å². The Kier molecular flexibility index (Phi) is 6.74. The first-order chi connectivity index (χ1) is 14.6. The Morgan fingerprint density at radius 2 is 1.87 bits per heavy atom. The molecule has 1 aromatic heterocycles. The lowest BCUT2D eigenvalue weighted by atomic mass is 10.1. The van der Waals surface area contributed by atoms with Crippen LogP contribution in [0.15, 0.2) is 46.9 Å². The van der Waals surface area contributed by atoms with Gasteiger partial charge in [-0.25, -0.2) is 0 Å². The lowest BCUT2D eigenvalue weighted by molar-refractivity contribution is -0.384. The zero-order valence-electron chi connectivity index (χ0n) is 17.7.